The minimum absolute atomic E-state index is 0.111. The van der Waals surface area contributed by atoms with Crippen molar-refractivity contribution in [1.29, 1.82) is 0 Å². The SMILES string of the molecule is O=C(NCC(c1cccs1)N1CCOCC1)c1ccc(-c2ccc(F)cc2)o1. The van der Waals surface area contributed by atoms with Crippen LogP contribution in [0.2, 0.25) is 0 Å². The second-order valence-corrected chi connectivity index (χ2v) is 7.54. The number of hydrogen-bond donors (Lipinski definition) is 1. The van der Waals surface area contributed by atoms with Gasteiger partial charge in [0.2, 0.25) is 0 Å². The molecule has 0 spiro atoms. The van der Waals surface area contributed by atoms with Gasteiger partial charge in [-0.2, -0.15) is 0 Å². The number of nitrogens with zero attached hydrogens (tertiary/aromatic N) is 1. The molecule has 0 radical (unpaired) electrons. The van der Waals surface area contributed by atoms with Gasteiger partial charge in [-0.15, -0.1) is 11.3 Å². The molecule has 1 aliphatic rings. The molecule has 1 unspecified atom stereocenters. The van der Waals surface area contributed by atoms with Crippen LogP contribution in [0.15, 0.2) is 58.3 Å². The molecule has 146 valence electrons. The molecular formula is C21H21FN2O3S. The normalized spacial score (nSPS) is 16.0. The summed E-state index contributed by atoms with van der Waals surface area (Å²) in [5.41, 5.74) is 0.727. The van der Waals surface area contributed by atoms with Crippen LogP contribution in [0.1, 0.15) is 21.5 Å². The highest BCUT2D eigenvalue weighted by Crippen LogP contribution is 2.26. The van der Waals surface area contributed by atoms with Crippen molar-refractivity contribution in [3.63, 3.8) is 0 Å². The number of hydrogen-bond acceptors (Lipinski definition) is 5. The zero-order valence-corrected chi connectivity index (χ0v) is 16.1. The molecule has 7 heteroatoms. The Kier molecular flexibility index (Phi) is 5.85. The van der Waals surface area contributed by atoms with E-state index in [0.717, 1.165) is 18.7 Å². The summed E-state index contributed by atoms with van der Waals surface area (Å²) < 4.78 is 24.2. The molecular weight excluding hydrogens is 379 g/mol. The van der Waals surface area contributed by atoms with E-state index in [2.05, 4.69) is 16.3 Å². The zero-order chi connectivity index (χ0) is 19.3. The van der Waals surface area contributed by atoms with Gasteiger partial charge in [-0.05, 0) is 47.8 Å². The summed E-state index contributed by atoms with van der Waals surface area (Å²) in [7, 11) is 0. The predicted octanol–water partition coefficient (Wildman–Crippen LogP) is 3.95. The van der Waals surface area contributed by atoms with Gasteiger partial charge in [0.15, 0.2) is 5.76 Å². The lowest BCUT2D eigenvalue weighted by Crippen LogP contribution is -2.43. The molecule has 28 heavy (non-hydrogen) atoms. The van der Waals surface area contributed by atoms with Gasteiger partial charge in [-0.1, -0.05) is 6.07 Å². The monoisotopic (exact) mass is 400 g/mol. The average Bonchev–Trinajstić information content (AvgIpc) is 3.42. The molecule has 1 saturated heterocycles. The van der Waals surface area contributed by atoms with Crippen LogP contribution >= 0.6 is 11.3 Å². The van der Waals surface area contributed by atoms with Crippen molar-refractivity contribution in [3.05, 3.63) is 70.4 Å². The summed E-state index contributed by atoms with van der Waals surface area (Å²) >= 11 is 1.69. The summed E-state index contributed by atoms with van der Waals surface area (Å²) in [4.78, 5) is 16.1. The van der Waals surface area contributed by atoms with Gasteiger partial charge >= 0.3 is 0 Å². The predicted molar refractivity (Wildman–Crippen MR) is 106 cm³/mol. The van der Waals surface area contributed by atoms with E-state index in [4.69, 9.17) is 9.15 Å². The van der Waals surface area contributed by atoms with E-state index < -0.39 is 0 Å². The Hall–Kier alpha value is -2.48. The first-order valence-electron chi connectivity index (χ1n) is 9.20. The van der Waals surface area contributed by atoms with Gasteiger partial charge < -0.3 is 14.5 Å². The topological polar surface area (TPSA) is 54.7 Å². The summed E-state index contributed by atoms with van der Waals surface area (Å²) in [6.45, 7) is 3.58. The highest BCUT2D eigenvalue weighted by molar-refractivity contribution is 7.10. The van der Waals surface area contributed by atoms with Crippen LogP contribution in [0.25, 0.3) is 11.3 Å². The fraction of sp³-hybridized carbons (Fsp3) is 0.286. The average molecular weight is 400 g/mol. The maximum atomic E-state index is 13.1. The van der Waals surface area contributed by atoms with E-state index in [-0.39, 0.29) is 23.5 Å². The molecule has 1 fully saturated rings. The van der Waals surface area contributed by atoms with Crippen LogP contribution in [0.4, 0.5) is 4.39 Å². The maximum Gasteiger partial charge on any atom is 0.287 e. The van der Waals surface area contributed by atoms with E-state index in [9.17, 15) is 9.18 Å². The van der Waals surface area contributed by atoms with Crippen molar-refractivity contribution in [2.45, 2.75) is 6.04 Å². The number of rotatable bonds is 6. The van der Waals surface area contributed by atoms with Crippen LogP contribution in [-0.2, 0) is 4.74 Å². The minimum atomic E-state index is -0.309. The Morgan fingerprint density at radius 2 is 1.93 bits per heavy atom. The lowest BCUT2D eigenvalue weighted by molar-refractivity contribution is 0.0168. The molecule has 3 heterocycles. The number of halogens is 1. The largest absolute Gasteiger partial charge is 0.451 e. The highest BCUT2D eigenvalue weighted by Gasteiger charge is 2.24. The summed E-state index contributed by atoms with van der Waals surface area (Å²) in [5.74, 6) is 0.207. The van der Waals surface area contributed by atoms with Crippen LogP contribution < -0.4 is 5.32 Å². The van der Waals surface area contributed by atoms with E-state index in [1.807, 2.05) is 11.4 Å². The van der Waals surface area contributed by atoms with E-state index in [0.29, 0.717) is 25.5 Å². The van der Waals surface area contributed by atoms with Gasteiger partial charge in [-0.3, -0.25) is 9.69 Å². The lowest BCUT2D eigenvalue weighted by Gasteiger charge is -2.34. The quantitative estimate of drug-likeness (QED) is 0.681. The molecule has 2 aromatic heterocycles. The van der Waals surface area contributed by atoms with Gasteiger partial charge in [-0.25, -0.2) is 4.39 Å². The second kappa shape index (κ2) is 8.68. The van der Waals surface area contributed by atoms with Gasteiger partial charge in [0.05, 0.1) is 19.3 Å². The fourth-order valence-electron chi connectivity index (χ4n) is 3.29. The first kappa shape index (κ1) is 18.9. The molecule has 1 amide bonds. The number of carbonyl (C=O) groups excluding carboxylic acids is 1. The summed E-state index contributed by atoms with van der Waals surface area (Å²) in [5, 5.41) is 5.04. The molecule has 0 saturated carbocycles. The molecule has 3 aromatic rings. The first-order chi connectivity index (χ1) is 13.7. The molecule has 0 bridgehead atoms. The Morgan fingerprint density at radius 3 is 2.64 bits per heavy atom. The number of morpholine rings is 1. The molecule has 0 aliphatic carbocycles. The third-order valence-corrected chi connectivity index (χ3v) is 5.75. The van der Waals surface area contributed by atoms with E-state index in [1.54, 1.807) is 35.6 Å². The van der Waals surface area contributed by atoms with Gasteiger partial charge in [0.25, 0.3) is 5.91 Å². The minimum Gasteiger partial charge on any atom is -0.451 e. The van der Waals surface area contributed by atoms with Crippen LogP contribution in [0.3, 0.4) is 0 Å². The van der Waals surface area contributed by atoms with Crippen LogP contribution in [0, 0.1) is 5.82 Å². The highest BCUT2D eigenvalue weighted by atomic mass is 32.1. The number of benzene rings is 1. The van der Waals surface area contributed by atoms with Crippen LogP contribution in [-0.4, -0.2) is 43.7 Å². The number of furan rings is 1. The van der Waals surface area contributed by atoms with E-state index in [1.165, 1.54) is 17.0 Å². The molecule has 1 atom stereocenters. The maximum absolute atomic E-state index is 13.1. The van der Waals surface area contributed by atoms with Crippen molar-refractivity contribution in [3.8, 4) is 11.3 Å². The second-order valence-electron chi connectivity index (χ2n) is 6.56. The standard InChI is InChI=1S/C21H21FN2O3S/c22-16-5-3-15(4-6-16)18-7-8-19(27-18)21(25)23-14-17(20-2-1-13-28-20)24-9-11-26-12-10-24/h1-8,13,17H,9-12,14H2,(H,23,25). The lowest BCUT2D eigenvalue weighted by atomic mass is 10.2. The van der Waals surface area contributed by atoms with Crippen molar-refractivity contribution in [2.75, 3.05) is 32.8 Å². The van der Waals surface area contributed by atoms with Crippen molar-refractivity contribution in [1.82, 2.24) is 10.2 Å². The molecule has 5 nitrogen and oxygen atoms in total. The fourth-order valence-corrected chi connectivity index (χ4v) is 4.15. The van der Waals surface area contributed by atoms with Crippen molar-refractivity contribution >= 4 is 17.2 Å². The summed E-state index contributed by atoms with van der Waals surface area (Å²) in [6.07, 6.45) is 0. The smallest absolute Gasteiger partial charge is 0.287 e. The molecule has 1 aromatic carbocycles. The number of thiophene rings is 1. The molecule has 4 rings (SSSR count). The number of carbonyl (C=O) groups is 1. The van der Waals surface area contributed by atoms with Crippen LogP contribution in [0.5, 0.6) is 0 Å². The molecule has 1 N–H and O–H groups in total. The van der Waals surface area contributed by atoms with E-state index >= 15 is 0 Å². The zero-order valence-electron chi connectivity index (χ0n) is 15.3. The Morgan fingerprint density at radius 1 is 1.14 bits per heavy atom. The third kappa shape index (κ3) is 4.32. The van der Waals surface area contributed by atoms with Crippen molar-refractivity contribution < 1.29 is 18.3 Å². The number of amides is 1. The third-order valence-electron chi connectivity index (χ3n) is 4.77. The Labute approximate surface area is 166 Å². The number of ether oxygens (including phenoxy) is 1. The Bertz CT molecular complexity index is 902. The first-order valence-corrected chi connectivity index (χ1v) is 10.1. The Balaban J connectivity index is 1.43. The van der Waals surface area contributed by atoms with Gasteiger partial charge in [0, 0.05) is 30.1 Å². The summed E-state index contributed by atoms with van der Waals surface area (Å²) in [6, 6.07) is 13.6. The molecule has 1 aliphatic heterocycles. The number of nitrogens with one attached hydrogen (secondary N) is 1. The van der Waals surface area contributed by atoms with Gasteiger partial charge in [0.1, 0.15) is 11.6 Å². The van der Waals surface area contributed by atoms with Crippen molar-refractivity contribution in [2.24, 2.45) is 0 Å².